The zero-order valence-corrected chi connectivity index (χ0v) is 13.1. The Morgan fingerprint density at radius 2 is 1.89 bits per heavy atom. The Morgan fingerprint density at radius 1 is 1.28 bits per heavy atom. The molecule has 0 aromatic heterocycles. The Balaban J connectivity index is 2.77. The molecule has 1 fully saturated rings. The number of nitrogens with two attached hydrogens (primary N) is 1. The van der Waals surface area contributed by atoms with Gasteiger partial charge in [0.05, 0.1) is 4.99 Å². The van der Waals surface area contributed by atoms with Gasteiger partial charge < -0.3 is 5.73 Å². The van der Waals surface area contributed by atoms with Gasteiger partial charge in [-0.15, -0.1) is 0 Å². The van der Waals surface area contributed by atoms with Crippen molar-refractivity contribution in [3.05, 3.63) is 0 Å². The van der Waals surface area contributed by atoms with Crippen LogP contribution >= 0.6 is 12.2 Å². The maximum atomic E-state index is 12.3. The molecule has 0 amide bonds. The zero-order chi connectivity index (χ0) is 13.9. The molecule has 0 spiro atoms. The molecule has 106 valence electrons. The molecule has 0 aromatic rings. The van der Waals surface area contributed by atoms with E-state index in [-0.39, 0.29) is 4.99 Å². The minimum atomic E-state index is -3.37. The van der Waals surface area contributed by atoms with Crippen molar-refractivity contribution in [3.8, 4) is 0 Å². The van der Waals surface area contributed by atoms with Crippen LogP contribution in [0.1, 0.15) is 40.0 Å². The minimum Gasteiger partial charge on any atom is -0.392 e. The minimum absolute atomic E-state index is 0.0552. The first-order chi connectivity index (χ1) is 8.26. The molecule has 18 heavy (non-hydrogen) atoms. The van der Waals surface area contributed by atoms with E-state index in [1.807, 2.05) is 0 Å². The smallest absolute Gasteiger partial charge is 0.223 e. The molecule has 6 heteroatoms. The summed E-state index contributed by atoms with van der Waals surface area (Å²) in [7, 11) is -3.37. The van der Waals surface area contributed by atoms with Crippen LogP contribution < -0.4 is 5.73 Å². The Kier molecular flexibility index (Phi) is 5.55. The monoisotopic (exact) mass is 292 g/mol. The third-order valence-electron chi connectivity index (χ3n) is 3.88. The predicted molar refractivity (Wildman–Crippen MR) is 78.9 cm³/mol. The summed E-state index contributed by atoms with van der Waals surface area (Å²) in [4.78, 5) is 0.0552. The highest BCUT2D eigenvalue weighted by Gasteiger charge is 2.32. The van der Waals surface area contributed by atoms with E-state index in [0.29, 0.717) is 24.9 Å². The van der Waals surface area contributed by atoms with Gasteiger partial charge in [0.25, 0.3) is 0 Å². The summed E-state index contributed by atoms with van der Waals surface area (Å²) >= 11 is 4.81. The van der Waals surface area contributed by atoms with E-state index in [1.165, 1.54) is 0 Å². The Hall–Kier alpha value is -0.200. The standard InChI is InChI=1S/C12H24N2O2S2/c1-9(2)11-5-4-7-14(8-6-11)18(15,16)10(3)12(13)17/h9-11H,4-8H2,1-3H3,(H2,13,17). The van der Waals surface area contributed by atoms with Crippen LogP contribution in [0.5, 0.6) is 0 Å². The number of sulfonamides is 1. The molecule has 1 rings (SSSR count). The Labute approximate surface area is 116 Å². The second kappa shape index (κ2) is 6.30. The molecule has 0 aromatic carbocycles. The second-order valence-electron chi connectivity index (χ2n) is 5.42. The first kappa shape index (κ1) is 15.9. The van der Waals surface area contributed by atoms with Crippen molar-refractivity contribution in [2.24, 2.45) is 17.6 Å². The molecule has 4 nitrogen and oxygen atoms in total. The van der Waals surface area contributed by atoms with Crippen LogP contribution in [-0.4, -0.2) is 36.1 Å². The van der Waals surface area contributed by atoms with Gasteiger partial charge in [-0.2, -0.15) is 0 Å². The lowest BCUT2D eigenvalue weighted by Crippen LogP contribution is -2.43. The number of rotatable bonds is 4. The van der Waals surface area contributed by atoms with Crippen molar-refractivity contribution in [1.82, 2.24) is 4.31 Å². The quantitative estimate of drug-likeness (QED) is 0.802. The van der Waals surface area contributed by atoms with Gasteiger partial charge >= 0.3 is 0 Å². The fourth-order valence-electron chi connectivity index (χ4n) is 2.39. The average Bonchev–Trinajstić information content (AvgIpc) is 2.53. The third kappa shape index (κ3) is 3.65. The summed E-state index contributed by atoms with van der Waals surface area (Å²) in [5.74, 6) is 1.23. The summed E-state index contributed by atoms with van der Waals surface area (Å²) in [5, 5.41) is -0.761. The molecule has 1 saturated heterocycles. The van der Waals surface area contributed by atoms with Crippen molar-refractivity contribution in [3.63, 3.8) is 0 Å². The van der Waals surface area contributed by atoms with Crippen LogP contribution in [0.4, 0.5) is 0 Å². The van der Waals surface area contributed by atoms with Crippen molar-refractivity contribution in [2.75, 3.05) is 13.1 Å². The first-order valence-corrected chi connectivity index (χ1v) is 8.46. The number of hydrogen-bond acceptors (Lipinski definition) is 3. The van der Waals surface area contributed by atoms with Crippen molar-refractivity contribution >= 4 is 27.2 Å². The maximum Gasteiger partial charge on any atom is 0.223 e. The van der Waals surface area contributed by atoms with Gasteiger partial charge in [-0.25, -0.2) is 12.7 Å². The van der Waals surface area contributed by atoms with E-state index in [9.17, 15) is 8.42 Å². The lowest BCUT2D eigenvalue weighted by Gasteiger charge is -2.24. The van der Waals surface area contributed by atoms with Crippen LogP contribution in [0.15, 0.2) is 0 Å². The SMILES string of the molecule is CC(C)C1CCCN(S(=O)(=O)C(C)C(N)=S)CC1. The number of hydrogen-bond donors (Lipinski definition) is 1. The third-order valence-corrected chi connectivity index (χ3v) is 6.62. The van der Waals surface area contributed by atoms with Crippen molar-refractivity contribution in [2.45, 2.75) is 45.3 Å². The molecule has 0 aliphatic carbocycles. The van der Waals surface area contributed by atoms with Crippen LogP contribution in [-0.2, 0) is 10.0 Å². The molecule has 2 N–H and O–H groups in total. The van der Waals surface area contributed by atoms with E-state index in [1.54, 1.807) is 11.2 Å². The molecule has 2 unspecified atom stereocenters. The van der Waals surface area contributed by atoms with Gasteiger partial charge in [-0.05, 0) is 38.0 Å². The summed E-state index contributed by atoms with van der Waals surface area (Å²) in [5.41, 5.74) is 5.47. The summed E-state index contributed by atoms with van der Waals surface area (Å²) in [6.45, 7) is 7.16. The average molecular weight is 292 g/mol. The Morgan fingerprint density at radius 3 is 2.39 bits per heavy atom. The maximum absolute atomic E-state index is 12.3. The predicted octanol–water partition coefficient (Wildman–Crippen LogP) is 1.75. The summed E-state index contributed by atoms with van der Waals surface area (Å²) in [6.07, 6.45) is 2.96. The molecule has 0 saturated carbocycles. The van der Waals surface area contributed by atoms with E-state index >= 15 is 0 Å². The molecule has 2 atom stereocenters. The van der Waals surface area contributed by atoms with E-state index in [2.05, 4.69) is 13.8 Å². The molecule has 1 aliphatic rings. The first-order valence-electron chi connectivity index (χ1n) is 6.55. The zero-order valence-electron chi connectivity index (χ0n) is 11.4. The molecular weight excluding hydrogens is 268 g/mol. The van der Waals surface area contributed by atoms with Crippen molar-refractivity contribution < 1.29 is 8.42 Å². The van der Waals surface area contributed by atoms with Gasteiger partial charge in [0.15, 0.2) is 0 Å². The Bertz CT molecular complexity index is 393. The molecular formula is C12H24N2O2S2. The van der Waals surface area contributed by atoms with Crippen LogP contribution in [0.25, 0.3) is 0 Å². The van der Waals surface area contributed by atoms with Gasteiger partial charge in [0.2, 0.25) is 10.0 Å². The molecule has 0 radical (unpaired) electrons. The number of nitrogens with zero attached hydrogens (tertiary/aromatic N) is 1. The number of thiocarbonyl (C=S) groups is 1. The van der Waals surface area contributed by atoms with Crippen LogP contribution in [0.3, 0.4) is 0 Å². The molecule has 1 heterocycles. The van der Waals surface area contributed by atoms with Crippen LogP contribution in [0.2, 0.25) is 0 Å². The highest BCUT2D eigenvalue weighted by atomic mass is 32.2. The van der Waals surface area contributed by atoms with Crippen LogP contribution in [0, 0.1) is 11.8 Å². The van der Waals surface area contributed by atoms with Gasteiger partial charge in [-0.1, -0.05) is 26.1 Å². The normalized spacial score (nSPS) is 24.8. The lowest BCUT2D eigenvalue weighted by molar-refractivity contribution is 0.340. The summed E-state index contributed by atoms with van der Waals surface area (Å²) in [6, 6.07) is 0. The fourth-order valence-corrected chi connectivity index (χ4v) is 4.24. The lowest BCUT2D eigenvalue weighted by atomic mass is 9.89. The second-order valence-corrected chi connectivity index (χ2v) is 8.15. The van der Waals surface area contributed by atoms with E-state index in [0.717, 1.165) is 19.3 Å². The van der Waals surface area contributed by atoms with E-state index in [4.69, 9.17) is 18.0 Å². The highest BCUT2D eigenvalue weighted by Crippen LogP contribution is 2.26. The fraction of sp³-hybridized carbons (Fsp3) is 0.917. The van der Waals surface area contributed by atoms with Gasteiger partial charge in [-0.3, -0.25) is 0 Å². The topological polar surface area (TPSA) is 63.4 Å². The molecule has 0 bridgehead atoms. The summed E-state index contributed by atoms with van der Waals surface area (Å²) < 4.78 is 26.2. The van der Waals surface area contributed by atoms with Crippen molar-refractivity contribution in [1.29, 1.82) is 0 Å². The van der Waals surface area contributed by atoms with Gasteiger partial charge in [0, 0.05) is 13.1 Å². The van der Waals surface area contributed by atoms with Gasteiger partial charge in [0.1, 0.15) is 5.25 Å². The molecule has 1 aliphatic heterocycles. The van der Waals surface area contributed by atoms with E-state index < -0.39 is 15.3 Å². The largest absolute Gasteiger partial charge is 0.392 e. The highest BCUT2D eigenvalue weighted by molar-refractivity contribution is 7.92.